The SMILES string of the molecule is COc1ccccc1CC(C)NCCNC(C)(C)C. The maximum atomic E-state index is 5.38. The zero-order valence-electron chi connectivity index (χ0n) is 12.9. The van der Waals surface area contributed by atoms with E-state index in [1.807, 2.05) is 12.1 Å². The highest BCUT2D eigenvalue weighted by atomic mass is 16.5. The molecule has 1 aromatic rings. The summed E-state index contributed by atoms with van der Waals surface area (Å²) >= 11 is 0. The van der Waals surface area contributed by atoms with Crippen LogP contribution in [0, 0.1) is 0 Å². The standard InChI is InChI=1S/C16H28N2O/c1-13(17-10-11-18-16(2,3)4)12-14-8-6-7-9-15(14)19-5/h6-9,13,17-18H,10-12H2,1-5H3. The third kappa shape index (κ3) is 6.60. The molecule has 1 atom stereocenters. The van der Waals surface area contributed by atoms with Crippen molar-refractivity contribution in [2.45, 2.75) is 45.7 Å². The molecule has 0 heterocycles. The van der Waals surface area contributed by atoms with Crippen LogP contribution >= 0.6 is 0 Å². The molecule has 0 fully saturated rings. The molecule has 1 aromatic carbocycles. The van der Waals surface area contributed by atoms with Gasteiger partial charge in [0.15, 0.2) is 0 Å². The third-order valence-corrected chi connectivity index (χ3v) is 2.99. The predicted octanol–water partition coefficient (Wildman–Crippen LogP) is 2.60. The van der Waals surface area contributed by atoms with Gasteiger partial charge < -0.3 is 15.4 Å². The molecule has 3 nitrogen and oxygen atoms in total. The Morgan fingerprint density at radius 3 is 2.47 bits per heavy atom. The van der Waals surface area contributed by atoms with Crippen molar-refractivity contribution in [3.63, 3.8) is 0 Å². The summed E-state index contributed by atoms with van der Waals surface area (Å²) in [6.07, 6.45) is 0.986. The van der Waals surface area contributed by atoms with Gasteiger partial charge in [-0.25, -0.2) is 0 Å². The lowest BCUT2D eigenvalue weighted by Gasteiger charge is -2.22. The third-order valence-electron chi connectivity index (χ3n) is 2.99. The van der Waals surface area contributed by atoms with Gasteiger partial charge in [-0.15, -0.1) is 0 Å². The van der Waals surface area contributed by atoms with Gasteiger partial charge in [0.05, 0.1) is 7.11 Å². The van der Waals surface area contributed by atoms with Gasteiger partial charge in [-0.2, -0.15) is 0 Å². The molecule has 0 saturated carbocycles. The molecule has 0 spiro atoms. The smallest absolute Gasteiger partial charge is 0.122 e. The van der Waals surface area contributed by atoms with Crippen LogP contribution in [0.25, 0.3) is 0 Å². The van der Waals surface area contributed by atoms with E-state index in [4.69, 9.17) is 4.74 Å². The average molecular weight is 264 g/mol. The van der Waals surface area contributed by atoms with Crippen molar-refractivity contribution in [1.29, 1.82) is 0 Å². The summed E-state index contributed by atoms with van der Waals surface area (Å²) in [6.45, 7) is 10.7. The van der Waals surface area contributed by atoms with Gasteiger partial charge in [0.1, 0.15) is 5.75 Å². The number of hydrogen-bond acceptors (Lipinski definition) is 3. The van der Waals surface area contributed by atoms with Crippen LogP contribution in [0.3, 0.4) is 0 Å². The fraction of sp³-hybridized carbons (Fsp3) is 0.625. The first-order valence-electron chi connectivity index (χ1n) is 7.02. The zero-order chi connectivity index (χ0) is 14.3. The minimum atomic E-state index is 0.188. The van der Waals surface area contributed by atoms with Crippen LogP contribution in [-0.4, -0.2) is 31.8 Å². The van der Waals surface area contributed by atoms with Gasteiger partial charge in [-0.3, -0.25) is 0 Å². The Hall–Kier alpha value is -1.06. The number of methoxy groups -OCH3 is 1. The Morgan fingerprint density at radius 2 is 1.84 bits per heavy atom. The van der Waals surface area contributed by atoms with Crippen molar-refractivity contribution in [3.05, 3.63) is 29.8 Å². The molecule has 0 aromatic heterocycles. The van der Waals surface area contributed by atoms with Crippen LogP contribution in [0.4, 0.5) is 0 Å². The molecule has 0 aliphatic rings. The maximum absolute atomic E-state index is 5.38. The normalized spacial score (nSPS) is 13.3. The first-order valence-corrected chi connectivity index (χ1v) is 7.02. The van der Waals surface area contributed by atoms with Gasteiger partial charge in [0.25, 0.3) is 0 Å². The second-order valence-electron chi connectivity index (χ2n) is 6.05. The molecule has 1 rings (SSSR count). The number of para-hydroxylation sites is 1. The summed E-state index contributed by atoms with van der Waals surface area (Å²) in [7, 11) is 1.73. The van der Waals surface area contributed by atoms with E-state index in [1.54, 1.807) is 7.11 Å². The molecule has 19 heavy (non-hydrogen) atoms. The van der Waals surface area contributed by atoms with E-state index >= 15 is 0 Å². The summed E-state index contributed by atoms with van der Waals surface area (Å²) < 4.78 is 5.38. The fourth-order valence-corrected chi connectivity index (χ4v) is 2.03. The maximum Gasteiger partial charge on any atom is 0.122 e. The minimum absolute atomic E-state index is 0.188. The lowest BCUT2D eigenvalue weighted by molar-refractivity contribution is 0.400. The average Bonchev–Trinajstić information content (AvgIpc) is 2.34. The Balaban J connectivity index is 2.33. The number of hydrogen-bond donors (Lipinski definition) is 2. The van der Waals surface area contributed by atoms with Crippen LogP contribution in [-0.2, 0) is 6.42 Å². The Kier molecular flexibility index (Phi) is 6.32. The number of ether oxygens (including phenoxy) is 1. The van der Waals surface area contributed by atoms with Crippen LogP contribution in [0.1, 0.15) is 33.3 Å². The number of nitrogens with one attached hydrogen (secondary N) is 2. The van der Waals surface area contributed by atoms with Crippen molar-refractivity contribution < 1.29 is 4.74 Å². The monoisotopic (exact) mass is 264 g/mol. The zero-order valence-corrected chi connectivity index (χ0v) is 12.9. The molecule has 0 aliphatic heterocycles. The highest BCUT2D eigenvalue weighted by Gasteiger charge is 2.09. The van der Waals surface area contributed by atoms with Gasteiger partial charge in [-0.1, -0.05) is 18.2 Å². The van der Waals surface area contributed by atoms with E-state index in [0.29, 0.717) is 6.04 Å². The highest BCUT2D eigenvalue weighted by Crippen LogP contribution is 2.18. The summed E-state index contributed by atoms with van der Waals surface area (Å²) in [5.74, 6) is 0.976. The van der Waals surface area contributed by atoms with Gasteiger partial charge in [0, 0.05) is 24.7 Å². The molecule has 1 unspecified atom stereocenters. The fourth-order valence-electron chi connectivity index (χ4n) is 2.03. The molecular formula is C16H28N2O. The molecule has 3 heteroatoms. The Morgan fingerprint density at radius 1 is 1.16 bits per heavy atom. The summed E-state index contributed by atoms with van der Waals surface area (Å²) in [5.41, 5.74) is 1.45. The molecule has 0 bridgehead atoms. The van der Waals surface area contributed by atoms with Crippen molar-refractivity contribution in [2.75, 3.05) is 20.2 Å². The van der Waals surface area contributed by atoms with Gasteiger partial charge >= 0.3 is 0 Å². The molecular weight excluding hydrogens is 236 g/mol. The van der Waals surface area contributed by atoms with Crippen molar-refractivity contribution in [2.24, 2.45) is 0 Å². The quantitative estimate of drug-likeness (QED) is 0.743. The van der Waals surface area contributed by atoms with Crippen molar-refractivity contribution >= 4 is 0 Å². The van der Waals surface area contributed by atoms with Gasteiger partial charge in [-0.05, 0) is 45.7 Å². The second-order valence-corrected chi connectivity index (χ2v) is 6.05. The highest BCUT2D eigenvalue weighted by molar-refractivity contribution is 5.33. The van der Waals surface area contributed by atoms with Crippen molar-refractivity contribution in [3.8, 4) is 5.75 Å². The Labute approximate surface area is 117 Å². The molecule has 2 N–H and O–H groups in total. The van der Waals surface area contributed by atoms with Crippen LogP contribution < -0.4 is 15.4 Å². The lowest BCUT2D eigenvalue weighted by atomic mass is 10.1. The molecule has 0 amide bonds. The first kappa shape index (κ1) is 16.0. The second kappa shape index (κ2) is 7.51. The van der Waals surface area contributed by atoms with E-state index in [-0.39, 0.29) is 5.54 Å². The van der Waals surface area contributed by atoms with E-state index in [1.165, 1.54) is 5.56 Å². The van der Waals surface area contributed by atoms with Crippen LogP contribution in [0.15, 0.2) is 24.3 Å². The van der Waals surface area contributed by atoms with E-state index in [2.05, 4.69) is 50.5 Å². The van der Waals surface area contributed by atoms with E-state index < -0.39 is 0 Å². The van der Waals surface area contributed by atoms with E-state index in [0.717, 1.165) is 25.3 Å². The number of rotatable bonds is 7. The lowest BCUT2D eigenvalue weighted by Crippen LogP contribution is -2.42. The summed E-state index contributed by atoms with van der Waals surface area (Å²) in [6, 6.07) is 8.66. The summed E-state index contributed by atoms with van der Waals surface area (Å²) in [4.78, 5) is 0. The molecule has 0 saturated heterocycles. The largest absolute Gasteiger partial charge is 0.496 e. The minimum Gasteiger partial charge on any atom is -0.496 e. The van der Waals surface area contributed by atoms with Crippen LogP contribution in [0.5, 0.6) is 5.75 Å². The first-order chi connectivity index (χ1) is 8.92. The molecule has 0 aliphatic carbocycles. The van der Waals surface area contributed by atoms with Crippen molar-refractivity contribution in [1.82, 2.24) is 10.6 Å². The van der Waals surface area contributed by atoms with E-state index in [9.17, 15) is 0 Å². The topological polar surface area (TPSA) is 33.3 Å². The Bertz CT molecular complexity index is 371. The molecule has 0 radical (unpaired) electrons. The van der Waals surface area contributed by atoms with Gasteiger partial charge in [0.2, 0.25) is 0 Å². The van der Waals surface area contributed by atoms with Crippen LogP contribution in [0.2, 0.25) is 0 Å². The summed E-state index contributed by atoms with van der Waals surface area (Å²) in [5, 5.41) is 7.01. The predicted molar refractivity (Wildman–Crippen MR) is 81.9 cm³/mol. The number of benzene rings is 1. The molecule has 108 valence electrons.